The van der Waals surface area contributed by atoms with Crippen molar-refractivity contribution in [2.45, 2.75) is 0 Å². The van der Waals surface area contributed by atoms with Crippen molar-refractivity contribution in [3.05, 3.63) is 120 Å². The first kappa shape index (κ1) is 22.1. The fraction of sp³-hybridized carbons (Fsp3) is 0. The maximum absolute atomic E-state index is 11.6. The van der Waals surface area contributed by atoms with Crippen LogP contribution in [0.4, 0.5) is 0 Å². The molecule has 0 saturated heterocycles. The van der Waals surface area contributed by atoms with E-state index in [0.29, 0.717) is 0 Å². The third kappa shape index (κ3) is 8.10. The molecular formula is C21H18Fe2O. The van der Waals surface area contributed by atoms with E-state index in [0.717, 1.165) is 11.1 Å². The van der Waals surface area contributed by atoms with Gasteiger partial charge in [-0.05, 0) is 0 Å². The van der Waals surface area contributed by atoms with Crippen LogP contribution in [0.2, 0.25) is 0 Å². The average molecular weight is 398 g/mol. The van der Waals surface area contributed by atoms with E-state index < -0.39 is 0 Å². The molecule has 0 atom stereocenters. The van der Waals surface area contributed by atoms with Gasteiger partial charge >= 0.3 is 34.1 Å². The second-order valence-corrected chi connectivity index (χ2v) is 4.60. The summed E-state index contributed by atoms with van der Waals surface area (Å²) in [5, 5.41) is 0. The summed E-state index contributed by atoms with van der Waals surface area (Å²) in [6, 6.07) is 34.8. The first-order valence-corrected chi connectivity index (χ1v) is 7.19. The summed E-state index contributed by atoms with van der Waals surface area (Å²) in [4.78, 5) is 11.6. The number of carbonyl (C=O) groups excluding carboxylic acids is 1. The standard InChI is InChI=1S/C11H8O.2C5H5.2Fe/c12-11(9-5-1-2-6-9)10-7-3-4-8-10;2*1-2-4-5-3-1;;/h1-8H;2*1-5H;;/q-2;2*-1;2*+2. The van der Waals surface area contributed by atoms with Crippen LogP contribution in [-0.2, 0) is 34.1 Å². The first-order chi connectivity index (χ1) is 10.9. The first-order valence-electron chi connectivity index (χ1n) is 7.19. The Morgan fingerprint density at radius 1 is 0.583 bits per heavy atom. The van der Waals surface area contributed by atoms with Gasteiger partial charge in [0.05, 0.1) is 5.78 Å². The largest absolute Gasteiger partial charge is 2.00 e. The smallest absolute Gasteiger partial charge is 0.348 e. The molecule has 4 aromatic rings. The van der Waals surface area contributed by atoms with E-state index in [1.54, 1.807) is 0 Å². The van der Waals surface area contributed by atoms with Gasteiger partial charge in [0.15, 0.2) is 0 Å². The number of rotatable bonds is 2. The molecule has 124 valence electrons. The molecule has 0 bridgehead atoms. The summed E-state index contributed by atoms with van der Waals surface area (Å²) in [6.45, 7) is 0. The molecule has 0 aromatic heterocycles. The monoisotopic (exact) mass is 398 g/mol. The van der Waals surface area contributed by atoms with Crippen LogP contribution in [0.3, 0.4) is 0 Å². The van der Waals surface area contributed by atoms with Gasteiger partial charge in [0.25, 0.3) is 0 Å². The molecular weight excluding hydrogens is 380 g/mol. The zero-order valence-electron chi connectivity index (χ0n) is 13.0. The molecule has 0 saturated carbocycles. The average Bonchev–Trinajstić information content (AvgIpc) is 3.42. The number of ketones is 1. The van der Waals surface area contributed by atoms with Crippen molar-refractivity contribution < 1.29 is 38.9 Å². The molecule has 0 aliphatic rings. The van der Waals surface area contributed by atoms with Gasteiger partial charge in [-0.2, -0.15) is 72.8 Å². The molecule has 0 spiro atoms. The molecule has 0 fully saturated rings. The number of hydrogen-bond donors (Lipinski definition) is 0. The van der Waals surface area contributed by atoms with Crippen molar-refractivity contribution >= 4 is 5.78 Å². The summed E-state index contributed by atoms with van der Waals surface area (Å²) in [5.41, 5.74) is 1.53. The predicted molar refractivity (Wildman–Crippen MR) is 91.6 cm³/mol. The van der Waals surface area contributed by atoms with Gasteiger partial charge in [0, 0.05) is 0 Å². The van der Waals surface area contributed by atoms with Gasteiger partial charge < -0.3 is 4.79 Å². The Hall–Kier alpha value is -1.89. The van der Waals surface area contributed by atoms with Crippen molar-refractivity contribution in [1.29, 1.82) is 0 Å². The second-order valence-electron chi connectivity index (χ2n) is 4.60. The van der Waals surface area contributed by atoms with Gasteiger partial charge in [-0.25, -0.2) is 24.3 Å². The molecule has 3 heteroatoms. The van der Waals surface area contributed by atoms with Gasteiger partial charge in [0.1, 0.15) is 0 Å². The Morgan fingerprint density at radius 3 is 1.17 bits per heavy atom. The zero-order chi connectivity index (χ0) is 15.5. The Balaban J connectivity index is 0.000000370. The van der Waals surface area contributed by atoms with Gasteiger partial charge in [-0.15, -0.1) is 23.3 Å². The third-order valence-electron chi connectivity index (χ3n) is 2.96. The summed E-state index contributed by atoms with van der Waals surface area (Å²) >= 11 is 0. The van der Waals surface area contributed by atoms with Crippen molar-refractivity contribution in [2.24, 2.45) is 0 Å². The molecule has 1 nitrogen and oxygen atoms in total. The van der Waals surface area contributed by atoms with Crippen molar-refractivity contribution in [3.63, 3.8) is 0 Å². The summed E-state index contributed by atoms with van der Waals surface area (Å²) < 4.78 is 0. The zero-order valence-corrected chi connectivity index (χ0v) is 15.2. The van der Waals surface area contributed by atoms with Crippen LogP contribution in [0, 0.1) is 0 Å². The van der Waals surface area contributed by atoms with Gasteiger partial charge in [0.2, 0.25) is 0 Å². The van der Waals surface area contributed by atoms with Gasteiger partial charge in [-0.3, -0.25) is 0 Å². The van der Waals surface area contributed by atoms with Crippen LogP contribution in [0.5, 0.6) is 0 Å². The van der Waals surface area contributed by atoms with Crippen molar-refractivity contribution in [2.75, 3.05) is 0 Å². The Labute approximate surface area is 164 Å². The van der Waals surface area contributed by atoms with E-state index in [9.17, 15) is 4.79 Å². The molecule has 0 aliphatic carbocycles. The molecule has 0 radical (unpaired) electrons. The topological polar surface area (TPSA) is 17.1 Å². The minimum atomic E-state index is 0. The Kier molecular flexibility index (Phi) is 12.5. The van der Waals surface area contributed by atoms with Crippen molar-refractivity contribution in [3.8, 4) is 0 Å². The molecule has 0 aliphatic heterocycles. The normalized spacial score (nSPS) is 8.33. The van der Waals surface area contributed by atoms with Crippen LogP contribution >= 0.6 is 0 Å². The minimum absolute atomic E-state index is 0. The van der Waals surface area contributed by atoms with E-state index in [-0.39, 0.29) is 39.9 Å². The number of carbonyl (C=O) groups is 1. The van der Waals surface area contributed by atoms with Crippen LogP contribution in [0.1, 0.15) is 15.9 Å². The van der Waals surface area contributed by atoms with Crippen LogP contribution in [-0.4, -0.2) is 5.78 Å². The second kappa shape index (κ2) is 13.5. The molecule has 0 unspecified atom stereocenters. The van der Waals surface area contributed by atoms with Crippen molar-refractivity contribution in [1.82, 2.24) is 0 Å². The Morgan fingerprint density at radius 2 is 0.958 bits per heavy atom. The molecule has 24 heavy (non-hydrogen) atoms. The van der Waals surface area contributed by atoms with E-state index in [1.807, 2.05) is 109 Å². The Bertz CT molecular complexity index is 591. The quantitative estimate of drug-likeness (QED) is 0.259. The minimum Gasteiger partial charge on any atom is -0.348 e. The van der Waals surface area contributed by atoms with Gasteiger partial charge in [-0.1, -0.05) is 0 Å². The molecule has 4 aromatic carbocycles. The van der Waals surface area contributed by atoms with E-state index in [2.05, 4.69) is 0 Å². The molecule has 0 amide bonds. The number of hydrogen-bond acceptors (Lipinski definition) is 1. The fourth-order valence-electron chi connectivity index (χ4n) is 1.86. The summed E-state index contributed by atoms with van der Waals surface area (Å²) in [7, 11) is 0. The van der Waals surface area contributed by atoms with E-state index in [1.165, 1.54) is 0 Å². The van der Waals surface area contributed by atoms with Crippen LogP contribution in [0.25, 0.3) is 0 Å². The maximum atomic E-state index is 11.6. The molecule has 4 rings (SSSR count). The van der Waals surface area contributed by atoms with E-state index in [4.69, 9.17) is 0 Å². The van der Waals surface area contributed by atoms with Crippen LogP contribution in [0.15, 0.2) is 109 Å². The molecule has 0 heterocycles. The maximum Gasteiger partial charge on any atom is 2.00 e. The molecule has 0 N–H and O–H groups in total. The third-order valence-corrected chi connectivity index (χ3v) is 2.96. The summed E-state index contributed by atoms with van der Waals surface area (Å²) in [6.07, 6.45) is 0. The van der Waals surface area contributed by atoms with Crippen LogP contribution < -0.4 is 0 Å². The predicted octanol–water partition coefficient (Wildman–Crippen LogP) is 5.16. The summed E-state index contributed by atoms with van der Waals surface area (Å²) in [5.74, 6) is 0.102. The SMILES string of the molecule is O=C(c1ccc[cH-]1)c1ccc[cH-]1.[Fe+2].[Fe+2].c1cc[cH-]c1.c1cc[cH-]c1. The fourth-order valence-corrected chi connectivity index (χ4v) is 1.86. The van der Waals surface area contributed by atoms with E-state index >= 15 is 0 Å².